The maximum Gasteiger partial charge on any atom is 0.204 e. The number of rotatable bonds is 3. The molecule has 4 nitrogen and oxygen atoms in total. The summed E-state index contributed by atoms with van der Waals surface area (Å²) in [4.78, 5) is 6.83. The number of anilines is 1. The van der Waals surface area contributed by atoms with E-state index in [-0.39, 0.29) is 5.41 Å². The van der Waals surface area contributed by atoms with E-state index >= 15 is 0 Å². The fourth-order valence-corrected chi connectivity index (χ4v) is 2.90. The molecule has 0 radical (unpaired) electrons. The molecule has 1 aromatic rings. The molecule has 0 aliphatic heterocycles. The lowest BCUT2D eigenvalue weighted by molar-refractivity contribution is 0.271. The zero-order valence-corrected chi connectivity index (χ0v) is 11.9. The predicted octanol–water partition coefficient (Wildman–Crippen LogP) is 2.01. The SMILES string of the molecule is CN(CC1CC(N)C1)c1nc(C(C)(C)C)ns1. The van der Waals surface area contributed by atoms with Crippen molar-refractivity contribution in [2.24, 2.45) is 11.7 Å². The largest absolute Gasteiger partial charge is 0.350 e. The van der Waals surface area contributed by atoms with Gasteiger partial charge in [0.15, 0.2) is 0 Å². The molecule has 17 heavy (non-hydrogen) atoms. The number of hydrogen-bond donors (Lipinski definition) is 1. The third-order valence-corrected chi connectivity index (χ3v) is 4.05. The van der Waals surface area contributed by atoms with Crippen molar-refractivity contribution in [1.82, 2.24) is 9.36 Å². The number of aromatic nitrogens is 2. The van der Waals surface area contributed by atoms with Crippen LogP contribution < -0.4 is 10.6 Å². The van der Waals surface area contributed by atoms with Gasteiger partial charge < -0.3 is 10.6 Å². The highest BCUT2D eigenvalue weighted by Crippen LogP contribution is 2.29. The van der Waals surface area contributed by atoms with Gasteiger partial charge in [-0.1, -0.05) is 20.8 Å². The molecule has 2 N–H and O–H groups in total. The summed E-state index contributed by atoms with van der Waals surface area (Å²) in [5.41, 5.74) is 5.84. The minimum atomic E-state index is 0.0361. The molecule has 0 amide bonds. The third-order valence-electron chi connectivity index (χ3n) is 3.22. The van der Waals surface area contributed by atoms with Gasteiger partial charge in [-0.2, -0.15) is 4.37 Å². The maximum atomic E-state index is 5.80. The molecule has 5 heteroatoms. The van der Waals surface area contributed by atoms with E-state index in [1.165, 1.54) is 11.5 Å². The molecule has 0 saturated heterocycles. The van der Waals surface area contributed by atoms with Gasteiger partial charge in [0.1, 0.15) is 5.82 Å². The van der Waals surface area contributed by atoms with Gasteiger partial charge in [-0.3, -0.25) is 0 Å². The molecule has 1 aliphatic carbocycles. The quantitative estimate of drug-likeness (QED) is 0.896. The van der Waals surface area contributed by atoms with Crippen molar-refractivity contribution in [2.45, 2.75) is 45.1 Å². The smallest absolute Gasteiger partial charge is 0.204 e. The third kappa shape index (κ3) is 2.96. The molecular weight excluding hydrogens is 232 g/mol. The van der Waals surface area contributed by atoms with Crippen LogP contribution in [-0.2, 0) is 5.41 Å². The Kier molecular flexibility index (Phi) is 3.41. The van der Waals surface area contributed by atoms with Gasteiger partial charge in [0.25, 0.3) is 0 Å². The van der Waals surface area contributed by atoms with Crippen LogP contribution in [0.2, 0.25) is 0 Å². The number of nitrogens with two attached hydrogens (primary N) is 1. The molecule has 1 saturated carbocycles. The first-order chi connectivity index (χ1) is 7.86. The van der Waals surface area contributed by atoms with Crippen LogP contribution in [0.25, 0.3) is 0 Å². The van der Waals surface area contributed by atoms with Crippen LogP contribution in [0.15, 0.2) is 0 Å². The van der Waals surface area contributed by atoms with Crippen molar-refractivity contribution in [1.29, 1.82) is 0 Å². The van der Waals surface area contributed by atoms with Gasteiger partial charge in [0, 0.05) is 36.6 Å². The summed E-state index contributed by atoms with van der Waals surface area (Å²) in [7, 11) is 2.09. The Morgan fingerprint density at radius 1 is 1.41 bits per heavy atom. The lowest BCUT2D eigenvalue weighted by Crippen LogP contribution is -2.41. The molecule has 1 aromatic heterocycles. The van der Waals surface area contributed by atoms with Gasteiger partial charge >= 0.3 is 0 Å². The lowest BCUT2D eigenvalue weighted by Gasteiger charge is -2.35. The molecular formula is C12H22N4S. The number of hydrogen-bond acceptors (Lipinski definition) is 5. The summed E-state index contributed by atoms with van der Waals surface area (Å²) in [6, 6.07) is 0.424. The molecule has 0 bridgehead atoms. The van der Waals surface area contributed by atoms with Crippen LogP contribution in [-0.4, -0.2) is 29.0 Å². The normalized spacial score (nSPS) is 24.5. The van der Waals surface area contributed by atoms with Crippen LogP contribution in [0.3, 0.4) is 0 Å². The second kappa shape index (κ2) is 4.53. The van der Waals surface area contributed by atoms with Crippen molar-refractivity contribution in [3.63, 3.8) is 0 Å². The fourth-order valence-electron chi connectivity index (χ4n) is 2.08. The van der Waals surface area contributed by atoms with Crippen molar-refractivity contribution < 1.29 is 0 Å². The summed E-state index contributed by atoms with van der Waals surface area (Å²) in [6.07, 6.45) is 2.30. The highest BCUT2D eigenvalue weighted by atomic mass is 32.1. The van der Waals surface area contributed by atoms with Gasteiger partial charge in [0.2, 0.25) is 5.13 Å². The number of nitrogens with zero attached hydrogens (tertiary/aromatic N) is 3. The first kappa shape index (κ1) is 12.8. The van der Waals surface area contributed by atoms with E-state index < -0.39 is 0 Å². The Bertz CT molecular complexity index is 376. The summed E-state index contributed by atoms with van der Waals surface area (Å²) in [6.45, 7) is 7.48. The Labute approximate surface area is 107 Å². The zero-order valence-electron chi connectivity index (χ0n) is 11.1. The van der Waals surface area contributed by atoms with Gasteiger partial charge in [-0.25, -0.2) is 4.98 Å². The average Bonchev–Trinajstić information content (AvgIpc) is 2.63. The highest BCUT2D eigenvalue weighted by molar-refractivity contribution is 7.09. The summed E-state index contributed by atoms with van der Waals surface area (Å²) >= 11 is 1.50. The van der Waals surface area contributed by atoms with E-state index in [4.69, 9.17) is 5.73 Å². The minimum absolute atomic E-state index is 0.0361. The molecule has 0 unspecified atom stereocenters. The summed E-state index contributed by atoms with van der Waals surface area (Å²) < 4.78 is 4.44. The Morgan fingerprint density at radius 3 is 2.53 bits per heavy atom. The van der Waals surface area contributed by atoms with Crippen LogP contribution in [0, 0.1) is 5.92 Å². The fraction of sp³-hybridized carbons (Fsp3) is 0.833. The van der Waals surface area contributed by atoms with Crippen LogP contribution >= 0.6 is 11.5 Å². The van der Waals surface area contributed by atoms with Crippen LogP contribution in [0.4, 0.5) is 5.13 Å². The maximum absolute atomic E-state index is 5.80. The van der Waals surface area contributed by atoms with Crippen LogP contribution in [0.1, 0.15) is 39.4 Å². The van der Waals surface area contributed by atoms with Crippen molar-refractivity contribution in [3.8, 4) is 0 Å². The Balaban J connectivity index is 1.95. The molecule has 1 aliphatic rings. The molecule has 0 spiro atoms. The molecule has 0 aromatic carbocycles. The van der Waals surface area contributed by atoms with Crippen LogP contribution in [0.5, 0.6) is 0 Å². The highest BCUT2D eigenvalue weighted by Gasteiger charge is 2.28. The summed E-state index contributed by atoms with van der Waals surface area (Å²) in [5.74, 6) is 1.67. The van der Waals surface area contributed by atoms with Gasteiger partial charge in [-0.05, 0) is 18.8 Å². The van der Waals surface area contributed by atoms with Crippen molar-refractivity contribution >= 4 is 16.7 Å². The van der Waals surface area contributed by atoms with E-state index in [1.54, 1.807) is 0 Å². The lowest BCUT2D eigenvalue weighted by atomic mass is 9.81. The first-order valence-electron chi connectivity index (χ1n) is 6.17. The standard InChI is InChI=1S/C12H22N4S/c1-12(2,3)10-14-11(17-15-10)16(4)7-8-5-9(13)6-8/h8-9H,5-7,13H2,1-4H3. The molecule has 1 heterocycles. The van der Waals surface area contributed by atoms with Gasteiger partial charge in [-0.15, -0.1) is 0 Å². The topological polar surface area (TPSA) is 55.0 Å². The molecule has 1 fully saturated rings. The second-order valence-electron chi connectivity index (χ2n) is 6.13. The predicted molar refractivity (Wildman–Crippen MR) is 72.6 cm³/mol. The average molecular weight is 254 g/mol. The van der Waals surface area contributed by atoms with E-state index in [9.17, 15) is 0 Å². The Hall–Kier alpha value is -0.680. The molecule has 96 valence electrons. The first-order valence-corrected chi connectivity index (χ1v) is 6.94. The molecule has 2 rings (SSSR count). The zero-order chi connectivity index (χ0) is 12.6. The monoisotopic (exact) mass is 254 g/mol. The molecule has 0 atom stereocenters. The van der Waals surface area contributed by atoms with E-state index in [0.717, 1.165) is 36.3 Å². The van der Waals surface area contributed by atoms with Gasteiger partial charge in [0.05, 0.1) is 0 Å². The van der Waals surface area contributed by atoms with Crippen molar-refractivity contribution in [2.75, 3.05) is 18.5 Å². The van der Waals surface area contributed by atoms with Crippen molar-refractivity contribution in [3.05, 3.63) is 5.82 Å². The second-order valence-corrected chi connectivity index (χ2v) is 6.86. The minimum Gasteiger partial charge on any atom is -0.350 e. The van der Waals surface area contributed by atoms with E-state index in [2.05, 4.69) is 42.1 Å². The summed E-state index contributed by atoms with van der Waals surface area (Å²) in [5, 5.41) is 1.02. The Morgan fingerprint density at radius 2 is 2.06 bits per heavy atom. The van der Waals surface area contributed by atoms with E-state index in [0.29, 0.717) is 6.04 Å². The van der Waals surface area contributed by atoms with E-state index in [1.807, 2.05) is 0 Å².